The van der Waals surface area contributed by atoms with Gasteiger partial charge >= 0.3 is 0 Å². The second kappa shape index (κ2) is 7.96. The molecule has 0 radical (unpaired) electrons. The van der Waals surface area contributed by atoms with Crippen molar-refractivity contribution in [3.8, 4) is 0 Å². The molecule has 0 saturated carbocycles. The highest BCUT2D eigenvalue weighted by Crippen LogP contribution is 2.17. The summed E-state index contributed by atoms with van der Waals surface area (Å²) >= 11 is 0. The fraction of sp³-hybridized carbons (Fsp3) is 0.875. The summed E-state index contributed by atoms with van der Waals surface area (Å²) in [5.41, 5.74) is 1.57. The Morgan fingerprint density at radius 1 is 1.22 bits per heavy atom. The van der Waals surface area contributed by atoms with E-state index in [-0.39, 0.29) is 5.60 Å². The van der Waals surface area contributed by atoms with E-state index in [0.29, 0.717) is 0 Å². The lowest BCUT2D eigenvalue weighted by Crippen LogP contribution is -2.31. The van der Waals surface area contributed by atoms with Crippen LogP contribution in [0.3, 0.4) is 0 Å². The maximum atomic E-state index is 5.44. The van der Waals surface area contributed by atoms with Crippen molar-refractivity contribution in [2.75, 3.05) is 26.7 Å². The van der Waals surface area contributed by atoms with Crippen molar-refractivity contribution >= 4 is 0 Å². The Kier molecular flexibility index (Phi) is 6.95. The zero-order chi connectivity index (χ0) is 13.4. The molecule has 0 bridgehead atoms. The third kappa shape index (κ3) is 6.55. The number of methoxy groups -OCH3 is 1. The molecule has 2 nitrogen and oxygen atoms in total. The second-order valence-electron chi connectivity index (χ2n) is 6.24. The van der Waals surface area contributed by atoms with Crippen LogP contribution in [0, 0.1) is 0 Å². The van der Waals surface area contributed by atoms with Gasteiger partial charge in [-0.3, -0.25) is 4.90 Å². The second-order valence-corrected chi connectivity index (χ2v) is 6.24. The molecule has 0 spiro atoms. The first-order chi connectivity index (χ1) is 8.53. The standard InChI is InChI=1S/C16H31NO/c1-15(14-17-12-8-5-9-13-17)10-6-7-11-16(2,3)18-4/h10H,5-9,11-14H2,1-4H3/b15-10+. The van der Waals surface area contributed by atoms with Crippen molar-refractivity contribution in [2.45, 2.75) is 64.9 Å². The SMILES string of the molecule is COC(C)(C)CCC/C=C(\C)CN1CCCCC1. The normalized spacial score (nSPS) is 19.2. The Morgan fingerprint density at radius 3 is 2.50 bits per heavy atom. The molecule has 1 saturated heterocycles. The fourth-order valence-electron chi connectivity index (χ4n) is 2.51. The fourth-order valence-corrected chi connectivity index (χ4v) is 2.51. The van der Waals surface area contributed by atoms with Gasteiger partial charge < -0.3 is 4.74 Å². The molecule has 0 aromatic rings. The minimum atomic E-state index is 0.0363. The molecule has 0 aromatic carbocycles. The van der Waals surface area contributed by atoms with Crippen LogP contribution in [-0.2, 0) is 4.74 Å². The molecule has 0 aromatic heterocycles. The van der Waals surface area contributed by atoms with E-state index in [4.69, 9.17) is 4.74 Å². The molecule has 2 heteroatoms. The highest BCUT2D eigenvalue weighted by Gasteiger charge is 2.14. The Morgan fingerprint density at radius 2 is 1.89 bits per heavy atom. The summed E-state index contributed by atoms with van der Waals surface area (Å²) in [4.78, 5) is 2.59. The molecule has 1 fully saturated rings. The van der Waals surface area contributed by atoms with E-state index in [9.17, 15) is 0 Å². The lowest BCUT2D eigenvalue weighted by molar-refractivity contribution is 0.0141. The molecule has 1 rings (SSSR count). The van der Waals surface area contributed by atoms with E-state index in [0.717, 1.165) is 6.42 Å². The Hall–Kier alpha value is -0.340. The van der Waals surface area contributed by atoms with E-state index in [1.807, 2.05) is 0 Å². The highest BCUT2D eigenvalue weighted by atomic mass is 16.5. The smallest absolute Gasteiger partial charge is 0.0622 e. The first kappa shape index (κ1) is 15.7. The molecule has 0 N–H and O–H groups in total. The Balaban J connectivity index is 2.16. The van der Waals surface area contributed by atoms with Crippen molar-refractivity contribution in [3.05, 3.63) is 11.6 Å². The number of hydrogen-bond donors (Lipinski definition) is 0. The number of rotatable bonds is 7. The van der Waals surface area contributed by atoms with E-state index in [1.165, 1.54) is 57.3 Å². The number of ether oxygens (including phenoxy) is 1. The molecule has 1 heterocycles. The monoisotopic (exact) mass is 253 g/mol. The Bertz CT molecular complexity index is 252. The van der Waals surface area contributed by atoms with Crippen LogP contribution in [0.25, 0.3) is 0 Å². The molecule has 1 aliphatic heterocycles. The zero-order valence-corrected chi connectivity index (χ0v) is 12.8. The van der Waals surface area contributed by atoms with Gasteiger partial charge in [-0.05, 0) is 66.0 Å². The quantitative estimate of drug-likeness (QED) is 0.502. The van der Waals surface area contributed by atoms with Crippen LogP contribution in [-0.4, -0.2) is 37.2 Å². The van der Waals surface area contributed by atoms with Gasteiger partial charge in [0.25, 0.3) is 0 Å². The van der Waals surface area contributed by atoms with Crippen molar-refractivity contribution in [1.29, 1.82) is 0 Å². The number of likely N-dealkylation sites (tertiary alicyclic amines) is 1. The molecule has 1 aliphatic rings. The minimum absolute atomic E-state index is 0.0363. The average Bonchev–Trinajstić information content (AvgIpc) is 2.36. The molecule has 0 amide bonds. The lowest BCUT2D eigenvalue weighted by atomic mass is 10.0. The van der Waals surface area contributed by atoms with Crippen molar-refractivity contribution in [3.63, 3.8) is 0 Å². The van der Waals surface area contributed by atoms with Crippen molar-refractivity contribution < 1.29 is 4.74 Å². The van der Waals surface area contributed by atoms with Gasteiger partial charge in [-0.25, -0.2) is 0 Å². The summed E-state index contributed by atoms with van der Waals surface area (Å²) in [6.45, 7) is 10.4. The molecular formula is C16H31NO. The van der Waals surface area contributed by atoms with Crippen molar-refractivity contribution in [2.24, 2.45) is 0 Å². The highest BCUT2D eigenvalue weighted by molar-refractivity contribution is 5.01. The van der Waals surface area contributed by atoms with Gasteiger partial charge in [0, 0.05) is 13.7 Å². The van der Waals surface area contributed by atoms with Gasteiger partial charge in [-0.15, -0.1) is 0 Å². The van der Waals surface area contributed by atoms with Gasteiger partial charge in [-0.1, -0.05) is 18.1 Å². The van der Waals surface area contributed by atoms with Crippen LogP contribution in [0.2, 0.25) is 0 Å². The van der Waals surface area contributed by atoms with Gasteiger partial charge in [0.05, 0.1) is 5.60 Å². The maximum absolute atomic E-state index is 5.44. The van der Waals surface area contributed by atoms with E-state index < -0.39 is 0 Å². The van der Waals surface area contributed by atoms with Gasteiger partial charge in [0.2, 0.25) is 0 Å². The molecule has 0 atom stereocenters. The number of hydrogen-bond acceptors (Lipinski definition) is 2. The molecule has 0 unspecified atom stereocenters. The van der Waals surface area contributed by atoms with Crippen LogP contribution in [0.1, 0.15) is 59.3 Å². The minimum Gasteiger partial charge on any atom is -0.379 e. The van der Waals surface area contributed by atoms with Gasteiger partial charge in [-0.2, -0.15) is 0 Å². The van der Waals surface area contributed by atoms with Crippen molar-refractivity contribution in [1.82, 2.24) is 4.90 Å². The van der Waals surface area contributed by atoms with Crippen LogP contribution in [0.5, 0.6) is 0 Å². The lowest BCUT2D eigenvalue weighted by Gasteiger charge is -2.26. The predicted octanol–water partition coefficient (Wildman–Crippen LogP) is 4.01. The van der Waals surface area contributed by atoms with Gasteiger partial charge in [0.1, 0.15) is 0 Å². The summed E-state index contributed by atoms with van der Waals surface area (Å²) in [6, 6.07) is 0. The number of nitrogens with zero attached hydrogens (tertiary/aromatic N) is 1. The average molecular weight is 253 g/mol. The summed E-state index contributed by atoms with van der Waals surface area (Å²) in [5.74, 6) is 0. The van der Waals surface area contributed by atoms with E-state index >= 15 is 0 Å². The summed E-state index contributed by atoms with van der Waals surface area (Å²) < 4.78 is 5.44. The van der Waals surface area contributed by atoms with Crippen LogP contribution < -0.4 is 0 Å². The van der Waals surface area contributed by atoms with E-state index in [2.05, 4.69) is 31.7 Å². The zero-order valence-electron chi connectivity index (χ0n) is 12.8. The maximum Gasteiger partial charge on any atom is 0.0622 e. The topological polar surface area (TPSA) is 12.5 Å². The molecule has 18 heavy (non-hydrogen) atoms. The molecule has 0 aliphatic carbocycles. The Labute approximate surface area is 113 Å². The van der Waals surface area contributed by atoms with Crippen LogP contribution in [0.15, 0.2) is 11.6 Å². The molecular weight excluding hydrogens is 222 g/mol. The van der Waals surface area contributed by atoms with Gasteiger partial charge in [0.15, 0.2) is 0 Å². The summed E-state index contributed by atoms with van der Waals surface area (Å²) in [6.07, 6.45) is 10.2. The third-order valence-corrected chi connectivity index (χ3v) is 3.95. The predicted molar refractivity (Wildman–Crippen MR) is 79.0 cm³/mol. The van der Waals surface area contributed by atoms with E-state index in [1.54, 1.807) is 7.11 Å². The number of piperidine rings is 1. The van der Waals surface area contributed by atoms with Crippen LogP contribution in [0.4, 0.5) is 0 Å². The first-order valence-corrected chi connectivity index (χ1v) is 7.47. The molecule has 106 valence electrons. The largest absolute Gasteiger partial charge is 0.379 e. The number of unbranched alkanes of at least 4 members (excludes halogenated alkanes) is 1. The third-order valence-electron chi connectivity index (χ3n) is 3.95. The number of allylic oxidation sites excluding steroid dienone is 1. The first-order valence-electron chi connectivity index (χ1n) is 7.47. The summed E-state index contributed by atoms with van der Waals surface area (Å²) in [5, 5.41) is 0. The summed E-state index contributed by atoms with van der Waals surface area (Å²) in [7, 11) is 1.80. The van der Waals surface area contributed by atoms with Crippen LogP contribution >= 0.6 is 0 Å².